The Balaban J connectivity index is 2.46. The third-order valence-electron chi connectivity index (χ3n) is 2.68. The van der Waals surface area contributed by atoms with Gasteiger partial charge in [0.05, 0.1) is 0 Å². The van der Waals surface area contributed by atoms with Gasteiger partial charge in [0, 0.05) is 23.7 Å². The lowest BCUT2D eigenvalue weighted by atomic mass is 10.0. The van der Waals surface area contributed by atoms with E-state index in [1.165, 1.54) is 6.07 Å². The molecule has 0 heterocycles. The Hall–Kier alpha value is -0.490. The quantitative estimate of drug-likeness (QED) is 0.440. The summed E-state index contributed by atoms with van der Waals surface area (Å²) >= 11 is 3.24. The Morgan fingerprint density at radius 1 is 1.44 bits per heavy atom. The van der Waals surface area contributed by atoms with Crippen molar-refractivity contribution in [2.45, 2.75) is 32.2 Å². The normalized spacial score (nSPS) is 12.7. The van der Waals surface area contributed by atoms with Crippen molar-refractivity contribution in [3.63, 3.8) is 0 Å². The number of hydrogen-bond donors (Lipinski definition) is 2. The molecule has 0 aliphatic carbocycles. The number of hydrogen-bond acceptors (Lipinski definition) is 3. The lowest BCUT2D eigenvalue weighted by Crippen LogP contribution is -2.37. The Bertz CT molecular complexity index is 363. The summed E-state index contributed by atoms with van der Waals surface area (Å²) in [6.07, 6.45) is 2.33. The van der Waals surface area contributed by atoms with Gasteiger partial charge in [0.25, 0.3) is 0 Å². The monoisotopic (exact) mass is 318 g/mol. The molecule has 1 atom stereocenters. The first-order chi connectivity index (χ1) is 8.67. The maximum atomic E-state index is 13.7. The van der Waals surface area contributed by atoms with Crippen molar-refractivity contribution in [2.24, 2.45) is 5.84 Å². The van der Waals surface area contributed by atoms with Crippen LogP contribution in [0.3, 0.4) is 0 Å². The van der Waals surface area contributed by atoms with Gasteiger partial charge in [0.1, 0.15) is 5.82 Å². The van der Waals surface area contributed by atoms with Crippen LogP contribution >= 0.6 is 15.9 Å². The van der Waals surface area contributed by atoms with Crippen LogP contribution in [-0.2, 0) is 11.2 Å². The fourth-order valence-electron chi connectivity index (χ4n) is 1.67. The van der Waals surface area contributed by atoms with Crippen molar-refractivity contribution < 1.29 is 9.13 Å². The van der Waals surface area contributed by atoms with E-state index in [0.29, 0.717) is 18.6 Å². The third kappa shape index (κ3) is 5.44. The first-order valence-corrected chi connectivity index (χ1v) is 6.94. The van der Waals surface area contributed by atoms with E-state index in [1.807, 2.05) is 6.07 Å². The summed E-state index contributed by atoms with van der Waals surface area (Å²) in [6.45, 7) is 3.46. The molecule has 1 rings (SSSR count). The van der Waals surface area contributed by atoms with Gasteiger partial charge in [-0.15, -0.1) is 0 Å². The van der Waals surface area contributed by atoms with Crippen molar-refractivity contribution in [3.05, 3.63) is 34.1 Å². The van der Waals surface area contributed by atoms with Crippen LogP contribution in [0, 0.1) is 5.82 Å². The van der Waals surface area contributed by atoms with Gasteiger partial charge in [0.15, 0.2) is 0 Å². The minimum Gasteiger partial charge on any atom is -0.381 e. The molecular formula is C13H20BrFN2O. The van der Waals surface area contributed by atoms with Crippen LogP contribution in [0.2, 0.25) is 0 Å². The van der Waals surface area contributed by atoms with Gasteiger partial charge < -0.3 is 4.74 Å². The largest absolute Gasteiger partial charge is 0.381 e. The van der Waals surface area contributed by atoms with Crippen LogP contribution in [-0.4, -0.2) is 19.3 Å². The molecule has 3 nitrogen and oxygen atoms in total. The van der Waals surface area contributed by atoms with Crippen LogP contribution < -0.4 is 11.3 Å². The average molecular weight is 319 g/mol. The number of rotatable bonds is 8. The van der Waals surface area contributed by atoms with Crippen molar-refractivity contribution in [3.8, 4) is 0 Å². The first-order valence-electron chi connectivity index (χ1n) is 6.15. The second-order valence-corrected chi connectivity index (χ2v) is 5.12. The van der Waals surface area contributed by atoms with Gasteiger partial charge in [-0.1, -0.05) is 28.9 Å². The number of nitrogens with one attached hydrogen (secondary N) is 1. The van der Waals surface area contributed by atoms with Crippen molar-refractivity contribution >= 4 is 15.9 Å². The van der Waals surface area contributed by atoms with E-state index in [1.54, 1.807) is 6.07 Å². The molecule has 0 aliphatic heterocycles. The van der Waals surface area contributed by atoms with Gasteiger partial charge in [-0.25, -0.2) is 4.39 Å². The molecule has 102 valence electrons. The van der Waals surface area contributed by atoms with Crippen molar-refractivity contribution in [2.75, 3.05) is 13.2 Å². The SMILES string of the molecule is CCCOCCC(Cc1ccc(Br)cc1F)NN. The average Bonchev–Trinajstić information content (AvgIpc) is 2.35. The molecule has 5 heteroatoms. The van der Waals surface area contributed by atoms with Gasteiger partial charge in [-0.2, -0.15) is 0 Å². The van der Waals surface area contributed by atoms with Gasteiger partial charge in [-0.05, 0) is 37.0 Å². The Labute approximate surface area is 116 Å². The predicted molar refractivity (Wildman–Crippen MR) is 74.6 cm³/mol. The summed E-state index contributed by atoms with van der Waals surface area (Å²) in [6, 6.07) is 5.10. The Morgan fingerprint density at radius 2 is 2.22 bits per heavy atom. The second-order valence-electron chi connectivity index (χ2n) is 4.20. The fourth-order valence-corrected chi connectivity index (χ4v) is 2.00. The first kappa shape index (κ1) is 15.6. The molecule has 0 spiro atoms. The highest BCUT2D eigenvalue weighted by Crippen LogP contribution is 2.17. The summed E-state index contributed by atoms with van der Waals surface area (Å²) < 4.78 is 19.8. The zero-order valence-electron chi connectivity index (χ0n) is 10.6. The molecule has 1 unspecified atom stereocenters. The molecule has 3 N–H and O–H groups in total. The predicted octanol–water partition coefficient (Wildman–Crippen LogP) is 2.78. The minimum absolute atomic E-state index is 0.0255. The number of nitrogens with two attached hydrogens (primary N) is 1. The van der Waals surface area contributed by atoms with Gasteiger partial charge in [-0.3, -0.25) is 11.3 Å². The van der Waals surface area contributed by atoms with E-state index in [4.69, 9.17) is 10.6 Å². The van der Waals surface area contributed by atoms with E-state index < -0.39 is 0 Å². The molecule has 0 saturated carbocycles. The summed E-state index contributed by atoms with van der Waals surface area (Å²) in [5.41, 5.74) is 3.37. The van der Waals surface area contributed by atoms with Crippen LogP contribution in [0.4, 0.5) is 4.39 Å². The van der Waals surface area contributed by atoms with Crippen LogP contribution in [0.1, 0.15) is 25.3 Å². The zero-order chi connectivity index (χ0) is 13.4. The third-order valence-corrected chi connectivity index (χ3v) is 3.17. The van der Waals surface area contributed by atoms with E-state index >= 15 is 0 Å². The molecule has 1 aromatic carbocycles. The van der Waals surface area contributed by atoms with E-state index in [9.17, 15) is 4.39 Å². The molecule has 0 radical (unpaired) electrons. The van der Waals surface area contributed by atoms with Gasteiger partial charge in [0.2, 0.25) is 0 Å². The maximum absolute atomic E-state index is 13.7. The molecule has 0 saturated heterocycles. The van der Waals surface area contributed by atoms with Gasteiger partial charge >= 0.3 is 0 Å². The topological polar surface area (TPSA) is 47.3 Å². The summed E-state index contributed by atoms with van der Waals surface area (Å²) in [5.74, 6) is 5.27. The number of ether oxygens (including phenoxy) is 1. The molecule has 0 fully saturated rings. The molecule has 0 bridgehead atoms. The van der Waals surface area contributed by atoms with Crippen LogP contribution in [0.25, 0.3) is 0 Å². The highest BCUT2D eigenvalue weighted by Gasteiger charge is 2.11. The molecule has 0 aliphatic rings. The zero-order valence-corrected chi connectivity index (χ0v) is 12.2. The molecule has 1 aromatic rings. The Kier molecular flexibility index (Phi) is 7.42. The second kappa shape index (κ2) is 8.58. The van der Waals surface area contributed by atoms with Crippen molar-refractivity contribution in [1.82, 2.24) is 5.43 Å². The summed E-state index contributed by atoms with van der Waals surface area (Å²) in [7, 11) is 0. The summed E-state index contributed by atoms with van der Waals surface area (Å²) in [4.78, 5) is 0. The number of hydrazine groups is 1. The highest BCUT2D eigenvalue weighted by molar-refractivity contribution is 9.10. The number of halogens is 2. The smallest absolute Gasteiger partial charge is 0.127 e. The number of benzene rings is 1. The fraction of sp³-hybridized carbons (Fsp3) is 0.538. The maximum Gasteiger partial charge on any atom is 0.127 e. The lowest BCUT2D eigenvalue weighted by molar-refractivity contribution is 0.124. The highest BCUT2D eigenvalue weighted by atomic mass is 79.9. The molecule has 18 heavy (non-hydrogen) atoms. The lowest BCUT2D eigenvalue weighted by Gasteiger charge is -2.16. The van der Waals surface area contributed by atoms with E-state index in [-0.39, 0.29) is 11.9 Å². The Morgan fingerprint density at radius 3 is 2.83 bits per heavy atom. The minimum atomic E-state index is -0.209. The van der Waals surface area contributed by atoms with Crippen LogP contribution in [0.5, 0.6) is 0 Å². The molecule has 0 aromatic heterocycles. The summed E-state index contributed by atoms with van der Waals surface area (Å²) in [5, 5.41) is 0. The van der Waals surface area contributed by atoms with Crippen LogP contribution in [0.15, 0.2) is 22.7 Å². The molecular weight excluding hydrogens is 299 g/mol. The molecule has 0 amide bonds. The van der Waals surface area contributed by atoms with E-state index in [0.717, 1.165) is 23.9 Å². The van der Waals surface area contributed by atoms with Crippen molar-refractivity contribution in [1.29, 1.82) is 0 Å². The van der Waals surface area contributed by atoms with E-state index in [2.05, 4.69) is 28.3 Å². The standard InChI is InChI=1S/C13H20BrFN2O/c1-2-6-18-7-5-12(17-16)8-10-3-4-11(14)9-13(10)15/h3-4,9,12,17H,2,5-8,16H2,1H3.